The average Bonchev–Trinajstić information content (AvgIpc) is 2.82. The fourth-order valence-electron chi connectivity index (χ4n) is 3.91. The van der Waals surface area contributed by atoms with Crippen molar-refractivity contribution < 1.29 is 15.0 Å². The molecule has 0 unspecified atom stereocenters. The van der Waals surface area contributed by atoms with Gasteiger partial charge in [-0.15, -0.1) is 12.4 Å². The number of halogens is 1. The zero-order chi connectivity index (χ0) is 13.4. The van der Waals surface area contributed by atoms with E-state index >= 15 is 0 Å². The van der Waals surface area contributed by atoms with Crippen molar-refractivity contribution >= 4 is 18.3 Å². The molecule has 0 aromatic carbocycles. The van der Waals surface area contributed by atoms with E-state index in [1.54, 1.807) is 0 Å². The van der Waals surface area contributed by atoms with E-state index in [4.69, 9.17) is 0 Å². The second-order valence-corrected chi connectivity index (χ2v) is 6.39. The van der Waals surface area contributed by atoms with E-state index in [1.807, 2.05) is 4.90 Å². The third-order valence-corrected chi connectivity index (χ3v) is 5.11. The Hall–Kier alpha value is -0.360. The van der Waals surface area contributed by atoms with Gasteiger partial charge in [0.15, 0.2) is 0 Å². The molecule has 0 aromatic rings. The predicted molar refractivity (Wildman–Crippen MR) is 77.6 cm³/mol. The van der Waals surface area contributed by atoms with E-state index in [-0.39, 0.29) is 18.3 Å². The van der Waals surface area contributed by atoms with Gasteiger partial charge in [0.05, 0.1) is 12.2 Å². The molecule has 2 heterocycles. The number of amides is 1. The van der Waals surface area contributed by atoms with Gasteiger partial charge >= 0.3 is 0 Å². The number of aliphatic hydroxyl groups is 2. The van der Waals surface area contributed by atoms with Crippen molar-refractivity contribution in [2.45, 2.75) is 37.9 Å². The van der Waals surface area contributed by atoms with Crippen molar-refractivity contribution in [1.82, 2.24) is 10.2 Å². The van der Waals surface area contributed by atoms with Crippen LogP contribution in [0.3, 0.4) is 0 Å². The molecule has 3 fully saturated rings. The molecule has 4 atom stereocenters. The number of rotatable bonds is 1. The number of carbonyl (C=O) groups is 1. The van der Waals surface area contributed by atoms with Crippen LogP contribution in [0.5, 0.6) is 0 Å². The van der Waals surface area contributed by atoms with E-state index < -0.39 is 12.2 Å². The van der Waals surface area contributed by atoms with Crippen LogP contribution in [0.2, 0.25) is 0 Å². The van der Waals surface area contributed by atoms with Crippen LogP contribution in [0.25, 0.3) is 0 Å². The molecule has 1 aliphatic carbocycles. The summed E-state index contributed by atoms with van der Waals surface area (Å²) in [6, 6.07) is 0. The summed E-state index contributed by atoms with van der Waals surface area (Å²) in [4.78, 5) is 14.5. The van der Waals surface area contributed by atoms with Crippen molar-refractivity contribution in [3.63, 3.8) is 0 Å². The zero-order valence-corrected chi connectivity index (χ0v) is 12.5. The maximum Gasteiger partial charge on any atom is 0.225 e. The highest BCUT2D eigenvalue weighted by Gasteiger charge is 2.43. The van der Waals surface area contributed by atoms with Crippen LogP contribution in [0.4, 0.5) is 0 Å². The van der Waals surface area contributed by atoms with Crippen LogP contribution >= 0.6 is 12.4 Å². The first-order chi connectivity index (χ1) is 9.15. The standard InChI is InChI=1S/C14H24N2O3.ClH/c17-12-5-10-7-16(8-11(10)6-13(12)18)14(19)9-1-3-15-4-2-9;/h9-13,15,17-18H,1-8H2;1H/t10-,11+,12+,13-;. The minimum absolute atomic E-state index is 0. The first kappa shape index (κ1) is 16.0. The SMILES string of the molecule is Cl.O=C(C1CCNCC1)N1C[C@H]2C[C@H](O)[C@H](O)C[C@H]2C1. The second kappa shape index (κ2) is 6.60. The van der Waals surface area contributed by atoms with Crippen LogP contribution in [0, 0.1) is 17.8 Å². The van der Waals surface area contributed by atoms with Crippen LogP contribution < -0.4 is 5.32 Å². The van der Waals surface area contributed by atoms with Gasteiger partial charge in [0.2, 0.25) is 5.91 Å². The zero-order valence-electron chi connectivity index (χ0n) is 11.7. The molecule has 0 spiro atoms. The summed E-state index contributed by atoms with van der Waals surface area (Å²) in [6.45, 7) is 3.43. The Morgan fingerprint density at radius 2 is 1.50 bits per heavy atom. The molecule has 116 valence electrons. The Bertz CT molecular complexity index is 331. The molecule has 1 saturated carbocycles. The minimum atomic E-state index is -0.602. The van der Waals surface area contributed by atoms with Gasteiger partial charge in [-0.1, -0.05) is 0 Å². The Kier molecular flexibility index (Phi) is 5.29. The summed E-state index contributed by atoms with van der Waals surface area (Å²) < 4.78 is 0. The van der Waals surface area contributed by atoms with E-state index in [0.717, 1.165) is 39.0 Å². The predicted octanol–water partition coefficient (Wildman–Crippen LogP) is -0.00200. The number of carbonyl (C=O) groups excluding carboxylic acids is 1. The first-order valence-electron chi connectivity index (χ1n) is 7.51. The molecule has 5 nitrogen and oxygen atoms in total. The molecule has 3 aliphatic rings. The van der Waals surface area contributed by atoms with Crippen molar-refractivity contribution in [3.05, 3.63) is 0 Å². The van der Waals surface area contributed by atoms with Crippen LogP contribution in [0.15, 0.2) is 0 Å². The topological polar surface area (TPSA) is 72.8 Å². The maximum absolute atomic E-state index is 12.5. The number of piperidine rings is 1. The number of nitrogens with zero attached hydrogens (tertiary/aromatic N) is 1. The van der Waals surface area contributed by atoms with Gasteiger partial charge in [0.1, 0.15) is 0 Å². The minimum Gasteiger partial charge on any atom is -0.390 e. The van der Waals surface area contributed by atoms with Gasteiger partial charge in [-0.05, 0) is 50.6 Å². The normalized spacial score (nSPS) is 38.2. The molecule has 0 bridgehead atoms. The van der Waals surface area contributed by atoms with Crippen LogP contribution in [0.1, 0.15) is 25.7 Å². The van der Waals surface area contributed by atoms with Gasteiger partial charge < -0.3 is 20.4 Å². The highest BCUT2D eigenvalue weighted by Crippen LogP contribution is 2.37. The fraction of sp³-hybridized carbons (Fsp3) is 0.929. The second-order valence-electron chi connectivity index (χ2n) is 6.39. The fourth-order valence-corrected chi connectivity index (χ4v) is 3.91. The molecule has 3 rings (SSSR count). The summed E-state index contributed by atoms with van der Waals surface area (Å²) >= 11 is 0. The van der Waals surface area contributed by atoms with Crippen LogP contribution in [-0.2, 0) is 4.79 Å². The smallest absolute Gasteiger partial charge is 0.225 e. The van der Waals surface area contributed by atoms with Crippen molar-refractivity contribution in [2.75, 3.05) is 26.2 Å². The van der Waals surface area contributed by atoms with E-state index in [2.05, 4.69) is 5.32 Å². The molecule has 0 aromatic heterocycles. The molecule has 2 saturated heterocycles. The third kappa shape index (κ3) is 3.11. The Morgan fingerprint density at radius 3 is 2.00 bits per heavy atom. The van der Waals surface area contributed by atoms with Crippen molar-refractivity contribution in [1.29, 1.82) is 0 Å². The number of hydrogen-bond acceptors (Lipinski definition) is 4. The van der Waals surface area contributed by atoms with Gasteiger partial charge in [-0.2, -0.15) is 0 Å². The van der Waals surface area contributed by atoms with Gasteiger partial charge in [-0.25, -0.2) is 0 Å². The van der Waals surface area contributed by atoms with Crippen LogP contribution in [-0.4, -0.2) is 59.4 Å². The number of nitrogens with one attached hydrogen (secondary N) is 1. The lowest BCUT2D eigenvalue weighted by molar-refractivity contribution is -0.135. The molecular formula is C14H25ClN2O3. The lowest BCUT2D eigenvalue weighted by Gasteiger charge is -2.31. The summed E-state index contributed by atoms with van der Waals surface area (Å²) in [5, 5.41) is 22.8. The van der Waals surface area contributed by atoms with E-state index in [0.29, 0.717) is 30.6 Å². The van der Waals surface area contributed by atoms with Crippen molar-refractivity contribution in [3.8, 4) is 0 Å². The van der Waals surface area contributed by atoms with Gasteiger partial charge in [-0.3, -0.25) is 4.79 Å². The maximum atomic E-state index is 12.5. The number of aliphatic hydroxyl groups excluding tert-OH is 2. The average molecular weight is 305 g/mol. The molecule has 20 heavy (non-hydrogen) atoms. The lowest BCUT2D eigenvalue weighted by Crippen LogP contribution is -2.40. The van der Waals surface area contributed by atoms with Gasteiger partial charge in [0, 0.05) is 19.0 Å². The largest absolute Gasteiger partial charge is 0.390 e. The summed E-state index contributed by atoms with van der Waals surface area (Å²) in [5.41, 5.74) is 0. The highest BCUT2D eigenvalue weighted by molar-refractivity contribution is 5.85. The quantitative estimate of drug-likeness (QED) is 0.637. The number of fused-ring (bicyclic) bond motifs is 1. The summed E-state index contributed by atoms with van der Waals surface area (Å²) in [7, 11) is 0. The number of hydrogen-bond donors (Lipinski definition) is 3. The first-order valence-corrected chi connectivity index (χ1v) is 7.51. The van der Waals surface area contributed by atoms with E-state index in [1.165, 1.54) is 0 Å². The molecular weight excluding hydrogens is 280 g/mol. The van der Waals surface area contributed by atoms with Crippen molar-refractivity contribution in [2.24, 2.45) is 17.8 Å². The Morgan fingerprint density at radius 1 is 1.00 bits per heavy atom. The molecule has 3 N–H and O–H groups in total. The lowest BCUT2D eigenvalue weighted by atomic mass is 9.79. The third-order valence-electron chi connectivity index (χ3n) is 5.11. The summed E-state index contributed by atoms with van der Waals surface area (Å²) in [5.74, 6) is 1.23. The Labute approximate surface area is 126 Å². The highest BCUT2D eigenvalue weighted by atomic mass is 35.5. The molecule has 1 amide bonds. The Balaban J connectivity index is 0.00000147. The summed E-state index contributed by atoms with van der Waals surface area (Å²) in [6.07, 6.45) is 1.96. The van der Waals surface area contributed by atoms with Gasteiger partial charge in [0.25, 0.3) is 0 Å². The molecule has 6 heteroatoms. The molecule has 2 aliphatic heterocycles. The van der Waals surface area contributed by atoms with E-state index in [9.17, 15) is 15.0 Å². The molecule has 0 radical (unpaired) electrons. The number of likely N-dealkylation sites (tertiary alicyclic amines) is 1. The monoisotopic (exact) mass is 304 g/mol.